The predicted molar refractivity (Wildman–Crippen MR) is 62.6 cm³/mol. The van der Waals surface area contributed by atoms with Crippen LogP contribution in [0.1, 0.15) is 0 Å². The zero-order valence-corrected chi connectivity index (χ0v) is 11.0. The summed E-state index contributed by atoms with van der Waals surface area (Å²) in [6, 6.07) is 0. The molecule has 0 aromatic carbocycles. The van der Waals surface area contributed by atoms with Crippen LogP contribution in [0.15, 0.2) is 0 Å². The van der Waals surface area contributed by atoms with Crippen molar-refractivity contribution in [3.8, 4) is 0 Å². The van der Waals surface area contributed by atoms with Crippen LogP contribution in [0.4, 0.5) is 0 Å². The topological polar surface area (TPSA) is 169 Å². The number of hydrogen-bond acceptors (Lipinski definition) is 10. The van der Waals surface area contributed by atoms with E-state index in [9.17, 15) is 25.5 Å². The van der Waals surface area contributed by atoms with Crippen LogP contribution in [0.3, 0.4) is 0 Å². The van der Waals surface area contributed by atoms with Gasteiger partial charge in [0.05, 0.1) is 13.2 Å². The Balaban J connectivity index is 2.02. The summed E-state index contributed by atoms with van der Waals surface area (Å²) in [5, 5.41) is 66.4. The third kappa shape index (κ3) is 3.19. The minimum atomic E-state index is -1.68. The van der Waals surface area contributed by atoms with Crippen LogP contribution in [0.2, 0.25) is 0 Å². The summed E-state index contributed by atoms with van der Waals surface area (Å²) < 4.78 is 15.1. The molecule has 2 rings (SSSR count). The molecule has 0 spiro atoms. The van der Waals surface area contributed by atoms with Crippen molar-refractivity contribution < 1.29 is 50.0 Å². The molecule has 0 aliphatic carbocycles. The van der Waals surface area contributed by atoms with Crippen molar-refractivity contribution in [2.45, 2.75) is 55.3 Å². The van der Waals surface area contributed by atoms with Gasteiger partial charge in [0.25, 0.3) is 0 Å². The maximum absolute atomic E-state index is 9.87. The molecule has 0 aromatic heterocycles. The molecule has 0 saturated carbocycles. The first-order chi connectivity index (χ1) is 9.90. The molecule has 2 aliphatic rings. The van der Waals surface area contributed by atoms with Crippen LogP contribution in [-0.2, 0) is 14.2 Å². The van der Waals surface area contributed by atoms with Crippen LogP contribution >= 0.6 is 0 Å². The highest BCUT2D eigenvalue weighted by atomic mass is 16.7. The highest BCUT2D eigenvalue weighted by Gasteiger charge is 2.49. The molecule has 2 aliphatic heterocycles. The first-order valence-electron chi connectivity index (χ1n) is 6.49. The summed E-state index contributed by atoms with van der Waals surface area (Å²) in [4.78, 5) is 0. The van der Waals surface area contributed by atoms with E-state index in [0.717, 1.165) is 0 Å². The molecule has 2 fully saturated rings. The van der Waals surface area contributed by atoms with Gasteiger partial charge in [0.2, 0.25) is 0 Å². The molecule has 7 N–H and O–H groups in total. The second-order valence-electron chi connectivity index (χ2n) is 5.04. The molecule has 0 amide bonds. The lowest BCUT2D eigenvalue weighted by Gasteiger charge is -2.40. The highest BCUT2D eigenvalue weighted by Crippen LogP contribution is 2.28. The highest BCUT2D eigenvalue weighted by molar-refractivity contribution is 4.92. The van der Waals surface area contributed by atoms with Gasteiger partial charge in [-0.15, -0.1) is 0 Å². The van der Waals surface area contributed by atoms with Crippen molar-refractivity contribution in [1.29, 1.82) is 0 Å². The van der Waals surface area contributed by atoms with Gasteiger partial charge in [0.1, 0.15) is 42.7 Å². The Morgan fingerprint density at radius 1 is 0.714 bits per heavy atom. The summed E-state index contributed by atoms with van der Waals surface area (Å²) in [5.74, 6) is 0. The summed E-state index contributed by atoms with van der Waals surface area (Å²) in [6.45, 7) is -1.17. The Hall–Kier alpha value is -0.400. The van der Waals surface area contributed by atoms with E-state index >= 15 is 0 Å². The van der Waals surface area contributed by atoms with Gasteiger partial charge in [-0.2, -0.15) is 0 Å². The number of aliphatic hydroxyl groups is 7. The lowest BCUT2D eigenvalue weighted by molar-refractivity contribution is -0.327. The third-order valence-corrected chi connectivity index (χ3v) is 3.63. The monoisotopic (exact) mass is 312 g/mol. The largest absolute Gasteiger partial charge is 0.394 e. The molecule has 21 heavy (non-hydrogen) atoms. The molecule has 0 bridgehead atoms. The molecule has 0 unspecified atom stereocenters. The summed E-state index contributed by atoms with van der Waals surface area (Å²) in [5.41, 5.74) is 0. The van der Waals surface area contributed by atoms with Gasteiger partial charge in [-0.05, 0) is 0 Å². The van der Waals surface area contributed by atoms with Crippen LogP contribution in [0.25, 0.3) is 0 Å². The molecule has 2 heterocycles. The van der Waals surface area contributed by atoms with E-state index < -0.39 is 68.5 Å². The van der Waals surface area contributed by atoms with Crippen LogP contribution in [0.5, 0.6) is 0 Å². The van der Waals surface area contributed by atoms with E-state index in [2.05, 4.69) is 0 Å². The molecule has 9 atom stereocenters. The van der Waals surface area contributed by atoms with Crippen molar-refractivity contribution in [3.05, 3.63) is 0 Å². The van der Waals surface area contributed by atoms with Crippen LogP contribution in [0, 0.1) is 0 Å². The molecule has 10 nitrogen and oxygen atoms in total. The van der Waals surface area contributed by atoms with Gasteiger partial charge in [-0.1, -0.05) is 0 Å². The minimum Gasteiger partial charge on any atom is -0.394 e. The smallest absolute Gasteiger partial charge is 0.187 e. The average molecular weight is 312 g/mol. The lowest BCUT2D eigenvalue weighted by Crippen LogP contribution is -2.60. The van der Waals surface area contributed by atoms with E-state index in [1.54, 1.807) is 0 Å². The average Bonchev–Trinajstić information content (AvgIpc) is 2.74. The quantitative estimate of drug-likeness (QED) is 0.267. The van der Waals surface area contributed by atoms with Crippen LogP contribution < -0.4 is 0 Å². The predicted octanol–water partition coefficient (Wildman–Crippen LogP) is -4.76. The fourth-order valence-corrected chi connectivity index (χ4v) is 2.35. The Kier molecular flexibility index (Phi) is 5.48. The lowest BCUT2D eigenvalue weighted by atomic mass is 9.99. The molecule has 2 saturated heterocycles. The molecule has 0 aromatic rings. The normalized spacial score (nSPS) is 51.3. The van der Waals surface area contributed by atoms with Crippen molar-refractivity contribution in [2.24, 2.45) is 0 Å². The molecular weight excluding hydrogens is 292 g/mol. The Labute approximate surface area is 119 Å². The summed E-state index contributed by atoms with van der Waals surface area (Å²) in [7, 11) is 0. The first kappa shape index (κ1) is 17.0. The van der Waals surface area contributed by atoms with Gasteiger partial charge in [-0.3, -0.25) is 0 Å². The SMILES string of the molecule is OC[C@H]1O[C@@H](O[C@@H]2[C@@H](O)[C@H](O)[C@@H](CO)O[C@H]2O)[C@@H](O)[C@@H]1O. The molecular formula is C11H20O10. The number of aliphatic hydroxyl groups excluding tert-OH is 7. The Morgan fingerprint density at radius 3 is 1.76 bits per heavy atom. The van der Waals surface area contributed by atoms with Gasteiger partial charge >= 0.3 is 0 Å². The zero-order valence-electron chi connectivity index (χ0n) is 11.0. The zero-order chi connectivity index (χ0) is 15.7. The molecule has 124 valence electrons. The minimum absolute atomic E-state index is 0.556. The van der Waals surface area contributed by atoms with E-state index in [-0.39, 0.29) is 0 Å². The van der Waals surface area contributed by atoms with E-state index in [0.29, 0.717) is 0 Å². The summed E-state index contributed by atoms with van der Waals surface area (Å²) >= 11 is 0. The molecule has 0 radical (unpaired) electrons. The van der Waals surface area contributed by atoms with Gasteiger partial charge in [-0.25, -0.2) is 0 Å². The second-order valence-corrected chi connectivity index (χ2v) is 5.04. The van der Waals surface area contributed by atoms with E-state index in [1.165, 1.54) is 0 Å². The maximum atomic E-state index is 9.87. The van der Waals surface area contributed by atoms with Crippen LogP contribution in [-0.4, -0.2) is 104 Å². The van der Waals surface area contributed by atoms with Gasteiger partial charge < -0.3 is 50.0 Å². The first-order valence-corrected chi connectivity index (χ1v) is 6.49. The maximum Gasteiger partial charge on any atom is 0.187 e. The Morgan fingerprint density at radius 2 is 1.24 bits per heavy atom. The second kappa shape index (κ2) is 6.79. The standard InChI is InChI=1S/C11H20O10/c12-1-3-5(14)7(16)9(10(18)19-3)21-11-8(17)6(15)4(2-13)20-11/h3-18H,1-2H2/t3-,4-,5-,6-,7+,8+,9-,10-,11+/m1/s1. The fourth-order valence-electron chi connectivity index (χ4n) is 2.35. The summed E-state index contributed by atoms with van der Waals surface area (Å²) in [6.07, 6.45) is -12.8. The Bertz CT molecular complexity index is 341. The number of ether oxygens (including phenoxy) is 3. The molecule has 10 heteroatoms. The van der Waals surface area contributed by atoms with Gasteiger partial charge in [0, 0.05) is 0 Å². The number of rotatable bonds is 4. The number of hydrogen-bond donors (Lipinski definition) is 7. The van der Waals surface area contributed by atoms with E-state index in [1.807, 2.05) is 0 Å². The fraction of sp³-hybridized carbons (Fsp3) is 1.00. The van der Waals surface area contributed by atoms with Crippen molar-refractivity contribution >= 4 is 0 Å². The van der Waals surface area contributed by atoms with E-state index in [4.69, 9.17) is 24.4 Å². The van der Waals surface area contributed by atoms with Crippen molar-refractivity contribution in [2.75, 3.05) is 13.2 Å². The van der Waals surface area contributed by atoms with Crippen molar-refractivity contribution in [3.63, 3.8) is 0 Å². The van der Waals surface area contributed by atoms with Gasteiger partial charge in [0.15, 0.2) is 12.6 Å². The van der Waals surface area contributed by atoms with Crippen molar-refractivity contribution in [1.82, 2.24) is 0 Å². The third-order valence-electron chi connectivity index (χ3n) is 3.63.